The van der Waals surface area contributed by atoms with Gasteiger partial charge >= 0.3 is 0 Å². The first-order valence-corrected chi connectivity index (χ1v) is 13.0. The predicted octanol–water partition coefficient (Wildman–Crippen LogP) is 3.34. The van der Waals surface area contributed by atoms with E-state index in [0.29, 0.717) is 18.7 Å². The summed E-state index contributed by atoms with van der Waals surface area (Å²) in [6.07, 6.45) is 1.49. The monoisotopic (exact) mass is 473 g/mol. The van der Waals surface area contributed by atoms with Gasteiger partial charge in [0.15, 0.2) is 0 Å². The lowest BCUT2D eigenvalue weighted by molar-refractivity contribution is -0.140. The molecule has 0 radical (unpaired) electrons. The second kappa shape index (κ2) is 11.8. The lowest BCUT2D eigenvalue weighted by Gasteiger charge is -2.33. The van der Waals surface area contributed by atoms with Crippen molar-refractivity contribution in [3.8, 4) is 0 Å². The predicted molar refractivity (Wildman–Crippen MR) is 132 cm³/mol. The van der Waals surface area contributed by atoms with Crippen LogP contribution in [-0.4, -0.2) is 50.5 Å². The van der Waals surface area contributed by atoms with Gasteiger partial charge in [0.25, 0.3) is 0 Å². The smallest absolute Gasteiger partial charge is 0.244 e. The van der Waals surface area contributed by atoms with E-state index in [1.807, 2.05) is 64.1 Å². The van der Waals surface area contributed by atoms with Crippen molar-refractivity contribution in [2.24, 2.45) is 5.92 Å². The molecule has 0 saturated carbocycles. The van der Waals surface area contributed by atoms with Crippen LogP contribution < -0.4 is 9.62 Å². The van der Waals surface area contributed by atoms with Crippen LogP contribution in [0.15, 0.2) is 54.6 Å². The molecule has 0 aliphatic heterocycles. The van der Waals surface area contributed by atoms with Crippen LogP contribution in [0.5, 0.6) is 0 Å². The van der Waals surface area contributed by atoms with E-state index in [-0.39, 0.29) is 24.9 Å². The molecule has 0 aromatic heterocycles. The molecule has 2 rings (SSSR count). The topological polar surface area (TPSA) is 86.8 Å². The quantitative estimate of drug-likeness (QED) is 0.542. The molecule has 8 heteroatoms. The van der Waals surface area contributed by atoms with Crippen LogP contribution in [0.4, 0.5) is 5.69 Å². The van der Waals surface area contributed by atoms with E-state index in [4.69, 9.17) is 0 Å². The third kappa shape index (κ3) is 7.89. The van der Waals surface area contributed by atoms with Crippen molar-refractivity contribution in [3.63, 3.8) is 0 Å². The zero-order chi connectivity index (χ0) is 24.6. The van der Waals surface area contributed by atoms with Gasteiger partial charge in [-0.05, 0) is 42.5 Å². The standard InChI is InChI=1S/C25H35N3O4S/c1-6-23(25(30)26-16-19(2)3)27(17-21-12-8-7-9-13-21)24(29)18-28(33(5,31)32)22-14-10-11-20(4)15-22/h7-15,19,23H,6,16-18H2,1-5H3,(H,26,30)/t23-/m0/s1. The Labute approximate surface area is 197 Å². The summed E-state index contributed by atoms with van der Waals surface area (Å²) in [6, 6.07) is 15.7. The maximum Gasteiger partial charge on any atom is 0.244 e. The number of anilines is 1. The van der Waals surface area contributed by atoms with Crippen LogP contribution in [0.1, 0.15) is 38.3 Å². The fraction of sp³-hybridized carbons (Fsp3) is 0.440. The SMILES string of the molecule is CC[C@@H](C(=O)NCC(C)C)N(Cc1ccccc1)C(=O)CN(c1cccc(C)c1)S(C)(=O)=O. The van der Waals surface area contributed by atoms with Crippen molar-refractivity contribution in [3.05, 3.63) is 65.7 Å². The second-order valence-corrected chi connectivity index (χ2v) is 10.6. The largest absolute Gasteiger partial charge is 0.354 e. The molecule has 33 heavy (non-hydrogen) atoms. The fourth-order valence-electron chi connectivity index (χ4n) is 3.52. The number of rotatable bonds is 11. The summed E-state index contributed by atoms with van der Waals surface area (Å²) in [5, 5.41) is 2.91. The van der Waals surface area contributed by atoms with Crippen molar-refractivity contribution in [1.29, 1.82) is 0 Å². The first kappa shape index (κ1) is 26.4. The molecule has 0 heterocycles. The van der Waals surface area contributed by atoms with Gasteiger partial charge in [0, 0.05) is 13.1 Å². The highest BCUT2D eigenvalue weighted by molar-refractivity contribution is 7.92. The van der Waals surface area contributed by atoms with Crippen molar-refractivity contribution < 1.29 is 18.0 Å². The molecule has 0 saturated heterocycles. The van der Waals surface area contributed by atoms with Gasteiger partial charge in [-0.15, -0.1) is 0 Å². The minimum absolute atomic E-state index is 0.207. The number of sulfonamides is 1. The number of amides is 2. The zero-order valence-corrected chi connectivity index (χ0v) is 20.9. The third-order valence-electron chi connectivity index (χ3n) is 5.24. The van der Waals surface area contributed by atoms with Crippen LogP contribution in [0.25, 0.3) is 0 Å². The minimum Gasteiger partial charge on any atom is -0.354 e. The fourth-order valence-corrected chi connectivity index (χ4v) is 4.36. The van der Waals surface area contributed by atoms with Gasteiger partial charge in [0.05, 0.1) is 11.9 Å². The first-order chi connectivity index (χ1) is 15.5. The summed E-state index contributed by atoms with van der Waals surface area (Å²) in [5.74, 6) is -0.402. The Bertz CT molecular complexity index is 1040. The van der Waals surface area contributed by atoms with Crippen LogP contribution in [0.3, 0.4) is 0 Å². The summed E-state index contributed by atoms with van der Waals surface area (Å²) >= 11 is 0. The summed E-state index contributed by atoms with van der Waals surface area (Å²) in [7, 11) is -3.73. The van der Waals surface area contributed by atoms with Gasteiger partial charge in [0.2, 0.25) is 21.8 Å². The van der Waals surface area contributed by atoms with Crippen molar-refractivity contribution in [2.75, 3.05) is 23.7 Å². The lowest BCUT2D eigenvalue weighted by Crippen LogP contribution is -2.52. The van der Waals surface area contributed by atoms with Crippen molar-refractivity contribution >= 4 is 27.5 Å². The van der Waals surface area contributed by atoms with Crippen LogP contribution in [-0.2, 0) is 26.2 Å². The normalized spacial score (nSPS) is 12.3. The molecular formula is C25H35N3O4S. The number of hydrogen-bond donors (Lipinski definition) is 1. The third-order valence-corrected chi connectivity index (χ3v) is 6.38. The van der Waals surface area contributed by atoms with Gasteiger partial charge in [-0.3, -0.25) is 13.9 Å². The Morgan fingerprint density at radius 2 is 1.70 bits per heavy atom. The van der Waals surface area contributed by atoms with Gasteiger partial charge in [-0.2, -0.15) is 0 Å². The molecule has 0 unspecified atom stereocenters. The molecule has 0 bridgehead atoms. The molecule has 0 spiro atoms. The number of benzene rings is 2. The maximum absolute atomic E-state index is 13.5. The Kier molecular flexibility index (Phi) is 9.46. The van der Waals surface area contributed by atoms with E-state index < -0.39 is 22.0 Å². The minimum atomic E-state index is -3.73. The summed E-state index contributed by atoms with van der Waals surface area (Å²) < 4.78 is 26.3. The highest BCUT2D eigenvalue weighted by Gasteiger charge is 2.31. The summed E-state index contributed by atoms with van der Waals surface area (Å²) in [4.78, 5) is 28.0. The summed E-state index contributed by atoms with van der Waals surface area (Å²) in [6.45, 7) is 8.03. The van der Waals surface area contributed by atoms with Gasteiger partial charge in [-0.25, -0.2) is 8.42 Å². The molecule has 1 N–H and O–H groups in total. The number of nitrogens with zero attached hydrogens (tertiary/aromatic N) is 2. The van der Waals surface area contributed by atoms with E-state index >= 15 is 0 Å². The molecule has 7 nitrogen and oxygen atoms in total. The van der Waals surface area contributed by atoms with Gasteiger partial charge < -0.3 is 10.2 Å². The molecule has 2 aromatic rings. The molecule has 180 valence electrons. The molecule has 1 atom stereocenters. The van der Waals surface area contributed by atoms with Crippen LogP contribution >= 0.6 is 0 Å². The molecule has 0 aliphatic rings. The highest BCUT2D eigenvalue weighted by atomic mass is 32.2. The Morgan fingerprint density at radius 1 is 1.03 bits per heavy atom. The average molecular weight is 474 g/mol. The van der Waals surface area contributed by atoms with Crippen molar-refractivity contribution in [1.82, 2.24) is 10.2 Å². The lowest BCUT2D eigenvalue weighted by atomic mass is 10.1. The van der Waals surface area contributed by atoms with E-state index in [9.17, 15) is 18.0 Å². The number of nitrogens with one attached hydrogen (secondary N) is 1. The molecule has 2 aromatic carbocycles. The Hall–Kier alpha value is -2.87. The number of hydrogen-bond acceptors (Lipinski definition) is 4. The molecule has 0 aliphatic carbocycles. The van der Waals surface area contributed by atoms with Crippen molar-refractivity contribution in [2.45, 2.75) is 46.7 Å². The average Bonchev–Trinajstić information content (AvgIpc) is 2.75. The van der Waals surface area contributed by atoms with Gasteiger partial charge in [-0.1, -0.05) is 63.2 Å². The highest BCUT2D eigenvalue weighted by Crippen LogP contribution is 2.20. The number of carbonyl (C=O) groups excluding carboxylic acids is 2. The summed E-state index contributed by atoms with van der Waals surface area (Å²) in [5.41, 5.74) is 2.17. The maximum atomic E-state index is 13.5. The van der Waals surface area contributed by atoms with E-state index in [1.165, 1.54) is 4.90 Å². The Balaban J connectivity index is 2.39. The van der Waals surface area contributed by atoms with E-state index in [0.717, 1.165) is 21.7 Å². The number of aryl methyl sites for hydroxylation is 1. The van der Waals surface area contributed by atoms with Crippen LogP contribution in [0.2, 0.25) is 0 Å². The Morgan fingerprint density at radius 3 is 2.24 bits per heavy atom. The number of carbonyl (C=O) groups is 2. The zero-order valence-electron chi connectivity index (χ0n) is 20.1. The first-order valence-electron chi connectivity index (χ1n) is 11.2. The second-order valence-electron chi connectivity index (χ2n) is 8.68. The van der Waals surface area contributed by atoms with E-state index in [2.05, 4.69) is 5.32 Å². The van der Waals surface area contributed by atoms with Crippen LogP contribution in [0, 0.1) is 12.8 Å². The molecular weight excluding hydrogens is 438 g/mol. The molecule has 0 fully saturated rings. The van der Waals surface area contributed by atoms with Gasteiger partial charge in [0.1, 0.15) is 12.6 Å². The molecule has 2 amide bonds. The van der Waals surface area contributed by atoms with E-state index in [1.54, 1.807) is 18.2 Å².